The van der Waals surface area contributed by atoms with Crippen LogP contribution in [-0.2, 0) is 4.74 Å². The second kappa shape index (κ2) is 7.61. The summed E-state index contributed by atoms with van der Waals surface area (Å²) in [5, 5.41) is 0. The zero-order chi connectivity index (χ0) is 20.7. The highest BCUT2D eigenvalue weighted by atomic mass is 32.1. The lowest BCUT2D eigenvalue weighted by molar-refractivity contribution is -0.0585. The lowest BCUT2D eigenvalue weighted by atomic mass is 10.1. The molecule has 0 aliphatic carbocycles. The van der Waals surface area contributed by atoms with Crippen molar-refractivity contribution >= 4 is 28.0 Å². The van der Waals surface area contributed by atoms with Crippen molar-refractivity contribution in [3.63, 3.8) is 0 Å². The van der Waals surface area contributed by atoms with Gasteiger partial charge in [-0.2, -0.15) is 0 Å². The number of hydrogen-bond donors (Lipinski definition) is 0. The molecule has 4 rings (SSSR count). The van der Waals surface area contributed by atoms with Crippen LogP contribution in [0.4, 0.5) is 0 Å². The molecule has 0 spiro atoms. The SMILES string of the molecule is COc1cccc(C(=O)c2cnc3sc(C(=O)N4C[C@@H](C)O[C@H](C)C4)c(C)n23)c1. The molecule has 1 aliphatic heterocycles. The van der Waals surface area contributed by atoms with Gasteiger partial charge >= 0.3 is 0 Å². The Morgan fingerprint density at radius 2 is 1.97 bits per heavy atom. The number of aryl methyl sites for hydroxylation is 1. The molecule has 0 radical (unpaired) electrons. The second-order valence-corrected chi connectivity index (χ2v) is 8.28. The Balaban J connectivity index is 1.69. The Kier molecular flexibility index (Phi) is 5.14. The van der Waals surface area contributed by atoms with Crippen LogP contribution >= 0.6 is 11.3 Å². The van der Waals surface area contributed by atoms with Crippen LogP contribution in [-0.4, -0.2) is 58.4 Å². The fraction of sp³-hybridized carbons (Fsp3) is 0.381. The highest BCUT2D eigenvalue weighted by Gasteiger charge is 2.30. The van der Waals surface area contributed by atoms with Crippen molar-refractivity contribution < 1.29 is 19.1 Å². The summed E-state index contributed by atoms with van der Waals surface area (Å²) in [7, 11) is 1.56. The molecular formula is C21H23N3O4S. The van der Waals surface area contributed by atoms with Gasteiger partial charge in [-0.25, -0.2) is 4.98 Å². The molecule has 1 aromatic carbocycles. The van der Waals surface area contributed by atoms with E-state index >= 15 is 0 Å². The van der Waals surface area contributed by atoms with Crippen LogP contribution in [0.3, 0.4) is 0 Å². The van der Waals surface area contributed by atoms with Crippen LogP contribution in [0.15, 0.2) is 30.5 Å². The Hall–Kier alpha value is -2.71. The van der Waals surface area contributed by atoms with Crippen LogP contribution in [0.25, 0.3) is 4.96 Å². The van der Waals surface area contributed by atoms with E-state index in [4.69, 9.17) is 9.47 Å². The quantitative estimate of drug-likeness (QED) is 0.614. The molecule has 2 atom stereocenters. The molecule has 0 N–H and O–H groups in total. The van der Waals surface area contributed by atoms with E-state index in [0.29, 0.717) is 39.9 Å². The van der Waals surface area contributed by atoms with Gasteiger partial charge in [0.2, 0.25) is 5.78 Å². The standard InChI is InChI=1S/C21H23N3O4S/c1-12-10-23(11-13(2)28-12)20(26)19-14(3)24-17(9-22-21(24)29-19)18(25)15-6-5-7-16(8-15)27-4/h5-9,12-13H,10-11H2,1-4H3/t12-,13-/m1/s1. The number of benzene rings is 1. The Bertz CT molecular complexity index is 1080. The molecule has 1 fully saturated rings. The topological polar surface area (TPSA) is 73.1 Å². The average molecular weight is 413 g/mol. The molecule has 7 nitrogen and oxygen atoms in total. The number of ether oxygens (including phenoxy) is 2. The van der Waals surface area contributed by atoms with Crippen molar-refractivity contribution in [1.29, 1.82) is 0 Å². The fourth-order valence-electron chi connectivity index (χ4n) is 3.76. The summed E-state index contributed by atoms with van der Waals surface area (Å²) in [5.74, 6) is 0.412. The van der Waals surface area contributed by atoms with E-state index in [2.05, 4.69) is 4.98 Å². The number of thiazole rings is 1. The normalized spacial score (nSPS) is 19.5. The maximum Gasteiger partial charge on any atom is 0.266 e. The number of rotatable bonds is 4. The first-order valence-corrected chi connectivity index (χ1v) is 10.3. The molecular weight excluding hydrogens is 390 g/mol. The Morgan fingerprint density at radius 1 is 1.24 bits per heavy atom. The van der Waals surface area contributed by atoms with Crippen molar-refractivity contribution in [3.05, 3.63) is 52.3 Å². The predicted molar refractivity (Wildman–Crippen MR) is 110 cm³/mol. The Labute approximate surface area is 172 Å². The molecule has 1 amide bonds. The molecule has 0 saturated carbocycles. The number of methoxy groups -OCH3 is 1. The van der Waals surface area contributed by atoms with E-state index in [0.717, 1.165) is 5.69 Å². The maximum atomic E-state index is 13.2. The molecule has 152 valence electrons. The minimum atomic E-state index is -0.162. The van der Waals surface area contributed by atoms with Gasteiger partial charge in [0, 0.05) is 24.3 Å². The van der Waals surface area contributed by atoms with Crippen LogP contribution < -0.4 is 4.74 Å². The smallest absolute Gasteiger partial charge is 0.266 e. The minimum absolute atomic E-state index is 0.00255. The monoisotopic (exact) mass is 413 g/mol. The summed E-state index contributed by atoms with van der Waals surface area (Å²) in [6.07, 6.45) is 1.56. The third-order valence-corrected chi connectivity index (χ3v) is 6.20. The van der Waals surface area contributed by atoms with E-state index in [1.165, 1.54) is 11.3 Å². The average Bonchev–Trinajstić information content (AvgIpc) is 3.26. The molecule has 29 heavy (non-hydrogen) atoms. The predicted octanol–water partition coefficient (Wildman–Crippen LogP) is 3.19. The number of carbonyl (C=O) groups is 2. The van der Waals surface area contributed by atoms with Crippen LogP contribution in [0.2, 0.25) is 0 Å². The summed E-state index contributed by atoms with van der Waals surface area (Å²) in [6.45, 7) is 6.90. The van der Waals surface area contributed by atoms with Gasteiger partial charge in [0.05, 0.1) is 25.5 Å². The zero-order valence-corrected chi connectivity index (χ0v) is 17.7. The second-order valence-electron chi connectivity index (χ2n) is 7.31. The molecule has 0 unspecified atom stereocenters. The molecule has 1 aliphatic rings. The molecule has 0 bridgehead atoms. The number of imidazole rings is 1. The lowest BCUT2D eigenvalue weighted by Crippen LogP contribution is -2.48. The highest BCUT2D eigenvalue weighted by Crippen LogP contribution is 2.28. The van der Waals surface area contributed by atoms with Gasteiger partial charge in [-0.05, 0) is 32.9 Å². The maximum absolute atomic E-state index is 13.2. The number of morpholine rings is 1. The van der Waals surface area contributed by atoms with Gasteiger partial charge in [0.1, 0.15) is 16.3 Å². The largest absolute Gasteiger partial charge is 0.497 e. The first-order valence-electron chi connectivity index (χ1n) is 9.49. The summed E-state index contributed by atoms with van der Waals surface area (Å²) in [6, 6.07) is 7.01. The van der Waals surface area contributed by atoms with E-state index in [1.807, 2.05) is 25.7 Å². The summed E-state index contributed by atoms with van der Waals surface area (Å²) >= 11 is 1.31. The summed E-state index contributed by atoms with van der Waals surface area (Å²) < 4.78 is 12.7. The minimum Gasteiger partial charge on any atom is -0.497 e. The van der Waals surface area contributed by atoms with Gasteiger partial charge in [0.25, 0.3) is 5.91 Å². The van der Waals surface area contributed by atoms with E-state index < -0.39 is 0 Å². The van der Waals surface area contributed by atoms with Crippen molar-refractivity contribution in [3.8, 4) is 5.75 Å². The van der Waals surface area contributed by atoms with Crippen molar-refractivity contribution in [2.75, 3.05) is 20.2 Å². The van der Waals surface area contributed by atoms with Crippen molar-refractivity contribution in [2.45, 2.75) is 33.0 Å². The van der Waals surface area contributed by atoms with Gasteiger partial charge in [-0.3, -0.25) is 14.0 Å². The number of hydrogen-bond acceptors (Lipinski definition) is 6. The number of amides is 1. The van der Waals surface area contributed by atoms with E-state index in [9.17, 15) is 9.59 Å². The molecule has 3 aromatic rings. The van der Waals surface area contributed by atoms with Gasteiger partial charge in [-0.15, -0.1) is 0 Å². The molecule has 8 heteroatoms. The van der Waals surface area contributed by atoms with Crippen molar-refractivity contribution in [2.24, 2.45) is 0 Å². The van der Waals surface area contributed by atoms with Gasteiger partial charge in [-0.1, -0.05) is 23.5 Å². The number of carbonyl (C=O) groups excluding carboxylic acids is 2. The van der Waals surface area contributed by atoms with Crippen LogP contribution in [0.1, 0.15) is 45.3 Å². The Morgan fingerprint density at radius 3 is 2.66 bits per heavy atom. The summed E-state index contributed by atoms with van der Waals surface area (Å²) in [5.41, 5.74) is 1.68. The molecule has 3 heterocycles. The highest BCUT2D eigenvalue weighted by molar-refractivity contribution is 7.19. The van der Waals surface area contributed by atoms with Gasteiger partial charge in [0.15, 0.2) is 4.96 Å². The molecule has 2 aromatic heterocycles. The third kappa shape index (κ3) is 3.54. The third-order valence-electron chi connectivity index (χ3n) is 5.05. The molecule has 1 saturated heterocycles. The lowest BCUT2D eigenvalue weighted by Gasteiger charge is -2.35. The first kappa shape index (κ1) is 19.6. The number of fused-ring (bicyclic) bond motifs is 1. The van der Waals surface area contributed by atoms with Gasteiger partial charge < -0.3 is 14.4 Å². The number of aromatic nitrogens is 2. The fourth-order valence-corrected chi connectivity index (χ4v) is 4.83. The number of ketones is 1. The summed E-state index contributed by atoms with van der Waals surface area (Å²) in [4.78, 5) is 33.7. The van der Waals surface area contributed by atoms with E-state index in [-0.39, 0.29) is 23.9 Å². The van der Waals surface area contributed by atoms with Crippen LogP contribution in [0.5, 0.6) is 5.75 Å². The zero-order valence-electron chi connectivity index (χ0n) is 16.8. The first-order chi connectivity index (χ1) is 13.9. The number of nitrogens with zero attached hydrogens (tertiary/aromatic N) is 3. The van der Waals surface area contributed by atoms with E-state index in [1.54, 1.807) is 42.0 Å². The van der Waals surface area contributed by atoms with Crippen molar-refractivity contribution in [1.82, 2.24) is 14.3 Å². The van der Waals surface area contributed by atoms with Crippen LogP contribution in [0, 0.1) is 6.92 Å².